The van der Waals surface area contributed by atoms with Crippen LogP contribution in [0.5, 0.6) is 0 Å². The molecule has 19 heavy (non-hydrogen) atoms. The number of carbonyl (C=O) groups excluding carboxylic acids is 2. The minimum atomic E-state index is -1.10. The van der Waals surface area contributed by atoms with Gasteiger partial charge in [-0.05, 0) is 12.1 Å². The molecule has 100 valence electrons. The Morgan fingerprint density at radius 3 is 2.63 bits per heavy atom. The Morgan fingerprint density at radius 1 is 1.37 bits per heavy atom. The van der Waals surface area contributed by atoms with Crippen LogP contribution in [0.4, 0.5) is 4.39 Å². The lowest BCUT2D eigenvalue weighted by molar-refractivity contribution is -0.141. The highest BCUT2D eigenvalue weighted by atomic mass is 19.1. The van der Waals surface area contributed by atoms with Crippen molar-refractivity contribution in [3.05, 3.63) is 35.6 Å². The van der Waals surface area contributed by atoms with E-state index in [9.17, 15) is 18.8 Å². The lowest BCUT2D eigenvalue weighted by atomic mass is 10.1. The van der Waals surface area contributed by atoms with Gasteiger partial charge in [-0.15, -0.1) is 0 Å². The van der Waals surface area contributed by atoms with Gasteiger partial charge in [0.2, 0.25) is 5.91 Å². The van der Waals surface area contributed by atoms with Crippen LogP contribution < -0.4 is 5.43 Å². The molecule has 2 rings (SSSR count). The highest BCUT2D eigenvalue weighted by molar-refractivity contribution is 5.96. The monoisotopic (exact) mass is 266 g/mol. The first-order valence-electron chi connectivity index (χ1n) is 5.57. The van der Waals surface area contributed by atoms with Crippen LogP contribution in [0, 0.1) is 11.7 Å². The molecule has 0 saturated carbocycles. The summed E-state index contributed by atoms with van der Waals surface area (Å²) in [5.41, 5.74) is 2.01. The number of carboxylic acid groups (broad SMARTS) is 1. The van der Waals surface area contributed by atoms with E-state index in [2.05, 4.69) is 5.43 Å². The molecule has 1 saturated heterocycles. The fourth-order valence-corrected chi connectivity index (χ4v) is 1.81. The number of hydrogen-bond acceptors (Lipinski definition) is 3. The van der Waals surface area contributed by atoms with E-state index in [-0.39, 0.29) is 18.5 Å². The summed E-state index contributed by atoms with van der Waals surface area (Å²) < 4.78 is 13.4. The van der Waals surface area contributed by atoms with E-state index in [1.54, 1.807) is 0 Å². The molecule has 1 aliphatic rings. The molecule has 1 aromatic carbocycles. The van der Waals surface area contributed by atoms with Gasteiger partial charge in [-0.3, -0.25) is 24.8 Å². The van der Waals surface area contributed by atoms with E-state index >= 15 is 0 Å². The summed E-state index contributed by atoms with van der Waals surface area (Å²) >= 11 is 0. The fourth-order valence-electron chi connectivity index (χ4n) is 1.81. The number of halogens is 1. The van der Waals surface area contributed by atoms with Crippen LogP contribution in [0.15, 0.2) is 24.3 Å². The number of rotatable bonds is 3. The molecule has 2 amide bonds. The van der Waals surface area contributed by atoms with Crippen molar-refractivity contribution < 1.29 is 23.9 Å². The quantitative estimate of drug-likeness (QED) is 0.829. The number of hydrazine groups is 1. The maximum Gasteiger partial charge on any atom is 0.308 e. The second-order valence-corrected chi connectivity index (χ2v) is 4.16. The predicted octanol–water partition coefficient (Wildman–Crippen LogP) is 0.404. The first-order valence-corrected chi connectivity index (χ1v) is 5.57. The van der Waals surface area contributed by atoms with Crippen LogP contribution >= 0.6 is 0 Å². The van der Waals surface area contributed by atoms with Gasteiger partial charge >= 0.3 is 5.97 Å². The number of aliphatic carboxylic acids is 1. The second-order valence-electron chi connectivity index (χ2n) is 4.16. The van der Waals surface area contributed by atoms with Gasteiger partial charge in [0.1, 0.15) is 5.82 Å². The summed E-state index contributed by atoms with van der Waals surface area (Å²) in [5.74, 6) is -3.94. The molecule has 1 fully saturated rings. The van der Waals surface area contributed by atoms with Crippen molar-refractivity contribution in [3.8, 4) is 0 Å². The smallest absolute Gasteiger partial charge is 0.308 e. The summed E-state index contributed by atoms with van der Waals surface area (Å²) in [6, 6.07) is 5.33. The van der Waals surface area contributed by atoms with Crippen molar-refractivity contribution in [2.75, 3.05) is 6.54 Å². The molecule has 0 aromatic heterocycles. The molecule has 0 bridgehead atoms. The van der Waals surface area contributed by atoms with Gasteiger partial charge in [0.05, 0.1) is 18.0 Å². The molecule has 0 radical (unpaired) electrons. The summed E-state index contributed by atoms with van der Waals surface area (Å²) in [4.78, 5) is 34.0. The molecule has 2 N–H and O–H groups in total. The molecule has 1 aliphatic heterocycles. The minimum Gasteiger partial charge on any atom is -0.481 e. The van der Waals surface area contributed by atoms with Crippen molar-refractivity contribution in [2.24, 2.45) is 5.92 Å². The Bertz CT molecular complexity index is 546. The van der Waals surface area contributed by atoms with E-state index in [1.807, 2.05) is 0 Å². The lowest BCUT2D eigenvalue weighted by Gasteiger charge is -2.17. The average molecular weight is 266 g/mol. The van der Waals surface area contributed by atoms with Crippen molar-refractivity contribution in [1.29, 1.82) is 0 Å². The molecule has 0 spiro atoms. The first kappa shape index (κ1) is 13.0. The van der Waals surface area contributed by atoms with Gasteiger partial charge < -0.3 is 5.11 Å². The van der Waals surface area contributed by atoms with Gasteiger partial charge in [0.15, 0.2) is 0 Å². The van der Waals surface area contributed by atoms with E-state index < -0.39 is 29.5 Å². The molecule has 1 heterocycles. The highest BCUT2D eigenvalue weighted by Crippen LogP contribution is 2.16. The van der Waals surface area contributed by atoms with Gasteiger partial charge in [-0.1, -0.05) is 12.1 Å². The third-order valence-electron chi connectivity index (χ3n) is 2.83. The van der Waals surface area contributed by atoms with Crippen LogP contribution in [-0.4, -0.2) is 34.4 Å². The molecular formula is C12H11FN2O4. The lowest BCUT2D eigenvalue weighted by Crippen LogP contribution is -2.43. The van der Waals surface area contributed by atoms with E-state index in [4.69, 9.17) is 5.11 Å². The van der Waals surface area contributed by atoms with Crippen molar-refractivity contribution in [1.82, 2.24) is 10.4 Å². The van der Waals surface area contributed by atoms with Crippen LogP contribution in [0.25, 0.3) is 0 Å². The van der Waals surface area contributed by atoms with Gasteiger partial charge in [0.25, 0.3) is 5.91 Å². The Morgan fingerprint density at radius 2 is 2.05 bits per heavy atom. The maximum absolute atomic E-state index is 13.4. The van der Waals surface area contributed by atoms with Crippen LogP contribution in [-0.2, 0) is 9.59 Å². The summed E-state index contributed by atoms with van der Waals surface area (Å²) in [6.45, 7) is -0.117. The standard InChI is InChI=1S/C12H11FN2O4/c13-9-4-2-1-3-8(9)11(17)14-15-6-7(12(18)19)5-10(15)16/h1-4,7H,5-6H2,(H,14,17)(H,18,19)/t7-/m0/s1. The molecule has 7 heteroatoms. The van der Waals surface area contributed by atoms with Gasteiger partial charge in [0, 0.05) is 6.42 Å². The Kier molecular flexibility index (Phi) is 3.46. The molecular weight excluding hydrogens is 255 g/mol. The third kappa shape index (κ3) is 2.70. The minimum absolute atomic E-state index is 0.117. The summed E-state index contributed by atoms with van der Waals surface area (Å²) in [5, 5.41) is 9.70. The van der Waals surface area contributed by atoms with Crippen molar-refractivity contribution >= 4 is 17.8 Å². The number of amides is 2. The van der Waals surface area contributed by atoms with E-state index in [0.29, 0.717) is 0 Å². The van der Waals surface area contributed by atoms with Crippen LogP contribution in [0.1, 0.15) is 16.8 Å². The number of nitrogens with one attached hydrogen (secondary N) is 1. The first-order chi connectivity index (χ1) is 8.99. The number of carbonyl (C=O) groups is 3. The summed E-state index contributed by atoms with van der Waals surface area (Å²) in [6.07, 6.45) is -0.174. The fraction of sp³-hybridized carbons (Fsp3) is 0.250. The van der Waals surface area contributed by atoms with Crippen molar-refractivity contribution in [3.63, 3.8) is 0 Å². The maximum atomic E-state index is 13.4. The zero-order valence-electron chi connectivity index (χ0n) is 9.80. The Labute approximate surface area is 107 Å². The molecule has 0 aliphatic carbocycles. The molecule has 6 nitrogen and oxygen atoms in total. The van der Waals surface area contributed by atoms with E-state index in [0.717, 1.165) is 11.1 Å². The normalized spacial score (nSPS) is 18.5. The topological polar surface area (TPSA) is 86.7 Å². The third-order valence-corrected chi connectivity index (χ3v) is 2.83. The van der Waals surface area contributed by atoms with Crippen molar-refractivity contribution in [2.45, 2.75) is 6.42 Å². The zero-order chi connectivity index (χ0) is 14.0. The number of carboxylic acids is 1. The number of hydrogen-bond donors (Lipinski definition) is 2. The zero-order valence-corrected chi connectivity index (χ0v) is 9.80. The summed E-state index contributed by atoms with van der Waals surface area (Å²) in [7, 11) is 0. The predicted molar refractivity (Wildman–Crippen MR) is 61.3 cm³/mol. The number of nitrogens with zero attached hydrogens (tertiary/aromatic N) is 1. The van der Waals surface area contributed by atoms with Gasteiger partial charge in [-0.25, -0.2) is 4.39 Å². The SMILES string of the molecule is O=C(NN1C[C@@H](C(=O)O)CC1=O)c1ccccc1F. The molecule has 0 unspecified atom stereocenters. The largest absolute Gasteiger partial charge is 0.481 e. The van der Waals surface area contributed by atoms with Crippen LogP contribution in [0.3, 0.4) is 0 Å². The highest BCUT2D eigenvalue weighted by Gasteiger charge is 2.35. The number of benzene rings is 1. The van der Waals surface area contributed by atoms with Crippen LogP contribution in [0.2, 0.25) is 0 Å². The Hall–Kier alpha value is -2.44. The van der Waals surface area contributed by atoms with Gasteiger partial charge in [-0.2, -0.15) is 0 Å². The molecule has 1 atom stereocenters. The Balaban J connectivity index is 2.06. The second kappa shape index (κ2) is 5.05. The average Bonchev–Trinajstić information content (AvgIpc) is 2.71. The molecule has 1 aromatic rings. The van der Waals surface area contributed by atoms with E-state index in [1.165, 1.54) is 18.2 Å².